The number of hydrogen-bond donors (Lipinski definition) is 2. The van der Waals surface area contributed by atoms with Crippen LogP contribution in [0.5, 0.6) is 0 Å². The van der Waals surface area contributed by atoms with Crippen LogP contribution in [0.2, 0.25) is 0 Å². The van der Waals surface area contributed by atoms with Gasteiger partial charge in [-0.15, -0.1) is 10.2 Å². The summed E-state index contributed by atoms with van der Waals surface area (Å²) >= 11 is 0. The maximum absolute atomic E-state index is 11.9. The zero-order chi connectivity index (χ0) is 13.9. The topological polar surface area (TPSA) is 96.7 Å². The molecule has 1 aromatic carbocycles. The highest BCUT2D eigenvalue weighted by Crippen LogP contribution is 2.23. The zero-order valence-electron chi connectivity index (χ0n) is 10.6. The molecule has 0 saturated carbocycles. The second-order valence-corrected chi connectivity index (χ2v) is 4.21. The van der Waals surface area contributed by atoms with Gasteiger partial charge in [0.2, 0.25) is 12.3 Å². The molecule has 0 aliphatic rings. The molecule has 7 heteroatoms. The van der Waals surface area contributed by atoms with Crippen LogP contribution < -0.4 is 5.32 Å². The van der Waals surface area contributed by atoms with Gasteiger partial charge in [0.25, 0.3) is 5.91 Å². The van der Waals surface area contributed by atoms with Crippen LogP contribution in [0.25, 0.3) is 11.5 Å². The fourth-order valence-corrected chi connectivity index (χ4v) is 1.81. The van der Waals surface area contributed by atoms with E-state index in [4.69, 9.17) is 4.42 Å². The van der Waals surface area contributed by atoms with Crippen molar-refractivity contribution in [3.8, 4) is 11.5 Å². The number of rotatable bonds is 3. The maximum Gasteiger partial charge on any atom is 0.258 e. The third kappa shape index (κ3) is 2.28. The first-order valence-corrected chi connectivity index (χ1v) is 5.91. The van der Waals surface area contributed by atoms with E-state index in [2.05, 4.69) is 25.7 Å². The number of aromatic nitrogens is 4. The van der Waals surface area contributed by atoms with E-state index >= 15 is 0 Å². The average Bonchev–Trinajstić information content (AvgIpc) is 3.14. The van der Waals surface area contributed by atoms with Crippen molar-refractivity contribution in [1.82, 2.24) is 20.4 Å². The molecule has 7 nitrogen and oxygen atoms in total. The molecule has 0 aliphatic heterocycles. The molecule has 2 aromatic heterocycles. The van der Waals surface area contributed by atoms with E-state index in [-0.39, 0.29) is 5.91 Å². The summed E-state index contributed by atoms with van der Waals surface area (Å²) in [6.45, 7) is 1.89. The van der Waals surface area contributed by atoms with Gasteiger partial charge in [-0.25, -0.2) is 0 Å². The lowest BCUT2D eigenvalue weighted by atomic mass is 10.1. The molecule has 3 rings (SSSR count). The summed E-state index contributed by atoms with van der Waals surface area (Å²) in [7, 11) is 0. The number of benzene rings is 1. The predicted octanol–water partition coefficient (Wildman–Crippen LogP) is 2.02. The molecule has 0 saturated heterocycles. The van der Waals surface area contributed by atoms with E-state index in [0.29, 0.717) is 11.5 Å². The van der Waals surface area contributed by atoms with Gasteiger partial charge in [0.1, 0.15) is 0 Å². The number of hydrogen-bond acceptors (Lipinski definition) is 5. The summed E-state index contributed by atoms with van der Waals surface area (Å²) in [4.78, 5) is 11.9. The van der Waals surface area contributed by atoms with Crippen LogP contribution in [0.3, 0.4) is 0 Å². The first-order valence-electron chi connectivity index (χ1n) is 5.91. The number of anilines is 1. The standard InChI is InChI=1S/C13H11N5O2/c1-8-4-9(13-18-16-7-20-13)2-3-11(8)17-12(19)10-5-14-15-6-10/h2-7H,1H3,(H,14,15)(H,17,19). The van der Waals surface area contributed by atoms with Gasteiger partial charge in [-0.05, 0) is 30.7 Å². The molecule has 0 aliphatic carbocycles. The second kappa shape index (κ2) is 4.96. The van der Waals surface area contributed by atoms with Crippen molar-refractivity contribution >= 4 is 11.6 Å². The Kier molecular flexibility index (Phi) is 3.00. The average molecular weight is 269 g/mol. The zero-order valence-corrected chi connectivity index (χ0v) is 10.6. The van der Waals surface area contributed by atoms with E-state index < -0.39 is 0 Å². The number of aromatic amines is 1. The molecule has 0 unspecified atom stereocenters. The van der Waals surface area contributed by atoms with E-state index in [0.717, 1.165) is 16.8 Å². The third-order valence-electron chi connectivity index (χ3n) is 2.84. The van der Waals surface area contributed by atoms with Crippen LogP contribution in [0, 0.1) is 6.92 Å². The number of carbonyl (C=O) groups is 1. The second-order valence-electron chi connectivity index (χ2n) is 4.21. The SMILES string of the molecule is Cc1cc(-c2nnco2)ccc1NC(=O)c1cn[nH]c1. The minimum Gasteiger partial charge on any atom is -0.423 e. The molecule has 100 valence electrons. The van der Waals surface area contributed by atoms with Crippen LogP contribution in [-0.4, -0.2) is 26.3 Å². The van der Waals surface area contributed by atoms with Crippen LogP contribution in [0.4, 0.5) is 5.69 Å². The van der Waals surface area contributed by atoms with Gasteiger partial charge in [0.15, 0.2) is 0 Å². The van der Waals surface area contributed by atoms with Crippen molar-refractivity contribution in [3.05, 3.63) is 48.1 Å². The van der Waals surface area contributed by atoms with Crippen LogP contribution >= 0.6 is 0 Å². The number of H-pyrrole nitrogens is 1. The molecule has 0 atom stereocenters. The van der Waals surface area contributed by atoms with Gasteiger partial charge in [0.05, 0.1) is 11.8 Å². The molecule has 0 spiro atoms. The fraction of sp³-hybridized carbons (Fsp3) is 0.0769. The van der Waals surface area contributed by atoms with Gasteiger partial charge in [-0.2, -0.15) is 5.10 Å². The van der Waals surface area contributed by atoms with Crippen molar-refractivity contribution < 1.29 is 9.21 Å². The number of carbonyl (C=O) groups excluding carboxylic acids is 1. The Bertz CT molecular complexity index is 719. The lowest BCUT2D eigenvalue weighted by Crippen LogP contribution is -2.11. The minimum atomic E-state index is -0.215. The third-order valence-corrected chi connectivity index (χ3v) is 2.84. The van der Waals surface area contributed by atoms with Crippen molar-refractivity contribution in [2.45, 2.75) is 6.92 Å². The first-order chi connectivity index (χ1) is 9.74. The largest absolute Gasteiger partial charge is 0.423 e. The predicted molar refractivity (Wildman–Crippen MR) is 71.0 cm³/mol. The van der Waals surface area contributed by atoms with E-state index in [1.165, 1.54) is 18.8 Å². The van der Waals surface area contributed by atoms with E-state index in [1.54, 1.807) is 6.07 Å². The van der Waals surface area contributed by atoms with Crippen LogP contribution in [0.15, 0.2) is 41.4 Å². The molecule has 3 aromatic rings. The fourth-order valence-electron chi connectivity index (χ4n) is 1.81. The molecule has 0 radical (unpaired) electrons. The summed E-state index contributed by atoms with van der Waals surface area (Å²) in [5, 5.41) is 16.6. The van der Waals surface area contributed by atoms with Crippen molar-refractivity contribution in [3.63, 3.8) is 0 Å². The van der Waals surface area contributed by atoms with Gasteiger partial charge in [0, 0.05) is 17.4 Å². The van der Waals surface area contributed by atoms with Crippen LogP contribution in [-0.2, 0) is 0 Å². The number of nitrogens with zero attached hydrogens (tertiary/aromatic N) is 3. The highest BCUT2D eigenvalue weighted by atomic mass is 16.4. The normalized spacial score (nSPS) is 10.4. The summed E-state index contributed by atoms with van der Waals surface area (Å²) in [5.74, 6) is 0.230. The molecule has 2 heterocycles. The van der Waals surface area contributed by atoms with Crippen molar-refractivity contribution in [2.24, 2.45) is 0 Å². The number of aryl methyl sites for hydroxylation is 1. The van der Waals surface area contributed by atoms with Gasteiger partial charge < -0.3 is 9.73 Å². The Morgan fingerprint density at radius 1 is 1.40 bits per heavy atom. The molecule has 0 fully saturated rings. The Morgan fingerprint density at radius 3 is 2.95 bits per heavy atom. The number of nitrogens with one attached hydrogen (secondary N) is 2. The summed E-state index contributed by atoms with van der Waals surface area (Å²) in [6, 6.07) is 5.48. The quantitative estimate of drug-likeness (QED) is 0.758. The number of amides is 1. The molecular formula is C13H11N5O2. The first kappa shape index (κ1) is 12.1. The summed E-state index contributed by atoms with van der Waals surface area (Å²) in [5.41, 5.74) is 2.91. The smallest absolute Gasteiger partial charge is 0.258 e. The molecule has 2 N–H and O–H groups in total. The molecule has 20 heavy (non-hydrogen) atoms. The monoisotopic (exact) mass is 269 g/mol. The Morgan fingerprint density at radius 2 is 2.30 bits per heavy atom. The van der Waals surface area contributed by atoms with Crippen molar-refractivity contribution in [2.75, 3.05) is 5.32 Å². The minimum absolute atomic E-state index is 0.215. The molecule has 0 bridgehead atoms. The highest BCUT2D eigenvalue weighted by Gasteiger charge is 2.10. The maximum atomic E-state index is 11.9. The van der Waals surface area contributed by atoms with Gasteiger partial charge in [-0.3, -0.25) is 9.89 Å². The van der Waals surface area contributed by atoms with E-state index in [9.17, 15) is 4.79 Å². The van der Waals surface area contributed by atoms with Crippen LogP contribution in [0.1, 0.15) is 15.9 Å². The Hall–Kier alpha value is -2.96. The Labute approximate surface area is 114 Å². The summed E-state index contributed by atoms with van der Waals surface area (Å²) < 4.78 is 5.13. The lowest BCUT2D eigenvalue weighted by Gasteiger charge is -2.08. The van der Waals surface area contributed by atoms with Crippen molar-refractivity contribution in [1.29, 1.82) is 0 Å². The van der Waals surface area contributed by atoms with Gasteiger partial charge >= 0.3 is 0 Å². The molecular weight excluding hydrogens is 258 g/mol. The van der Waals surface area contributed by atoms with Gasteiger partial charge in [-0.1, -0.05) is 0 Å². The summed E-state index contributed by atoms with van der Waals surface area (Å²) in [6.07, 6.45) is 4.29. The molecule has 1 amide bonds. The lowest BCUT2D eigenvalue weighted by molar-refractivity contribution is 0.102. The Balaban J connectivity index is 1.83. The van der Waals surface area contributed by atoms with E-state index in [1.807, 2.05) is 19.1 Å². The highest BCUT2D eigenvalue weighted by molar-refractivity contribution is 6.04.